The van der Waals surface area contributed by atoms with E-state index < -0.39 is 11.7 Å². The molecule has 0 aliphatic carbocycles. The summed E-state index contributed by atoms with van der Waals surface area (Å²) in [5.41, 5.74) is 2.74. The predicted molar refractivity (Wildman–Crippen MR) is 140 cm³/mol. The van der Waals surface area contributed by atoms with Gasteiger partial charge in [0.1, 0.15) is 11.6 Å². The number of carbonyl (C=O) groups excluding carboxylic acids is 2. The van der Waals surface area contributed by atoms with Crippen molar-refractivity contribution in [2.75, 3.05) is 49.5 Å². The molecule has 2 amide bonds. The number of hydrogen-bond acceptors (Lipinski definition) is 4. The van der Waals surface area contributed by atoms with E-state index in [4.69, 9.17) is 0 Å². The first-order valence-corrected chi connectivity index (χ1v) is 12.7. The molecule has 37 heavy (non-hydrogen) atoms. The summed E-state index contributed by atoms with van der Waals surface area (Å²) in [5, 5.41) is 2.80. The van der Waals surface area contributed by atoms with Gasteiger partial charge in [0.2, 0.25) is 0 Å². The van der Waals surface area contributed by atoms with E-state index in [1.165, 1.54) is 24.3 Å². The Bertz CT molecular complexity index is 1280. The number of carbonyl (C=O) groups is 2. The molecule has 5 rings (SSSR count). The summed E-state index contributed by atoms with van der Waals surface area (Å²) in [6.45, 7) is 4.86. The van der Waals surface area contributed by atoms with Gasteiger partial charge in [0.05, 0.1) is 5.56 Å². The van der Waals surface area contributed by atoms with Crippen LogP contribution in [0.5, 0.6) is 0 Å². The number of nitrogens with zero attached hydrogens (tertiary/aromatic N) is 3. The third-order valence-corrected chi connectivity index (χ3v) is 7.03. The maximum atomic E-state index is 14.1. The van der Waals surface area contributed by atoms with Crippen molar-refractivity contribution in [3.63, 3.8) is 0 Å². The zero-order valence-electron chi connectivity index (χ0n) is 20.6. The molecule has 2 heterocycles. The summed E-state index contributed by atoms with van der Waals surface area (Å²) in [6, 6.07) is 17.7. The highest BCUT2D eigenvalue weighted by Gasteiger charge is 2.27. The Kier molecular flexibility index (Phi) is 7.46. The molecule has 6 nitrogen and oxygen atoms in total. The first-order chi connectivity index (χ1) is 18.0. The van der Waals surface area contributed by atoms with Crippen LogP contribution >= 0.6 is 0 Å². The number of nitrogens with one attached hydrogen (secondary N) is 1. The largest absolute Gasteiger partial charge is 0.368 e. The van der Waals surface area contributed by atoms with Gasteiger partial charge >= 0.3 is 0 Å². The fourth-order valence-electron chi connectivity index (χ4n) is 5.00. The predicted octanol–water partition coefficient (Wildman–Crippen LogP) is 4.78. The van der Waals surface area contributed by atoms with E-state index in [1.807, 2.05) is 23.1 Å². The van der Waals surface area contributed by atoms with Crippen molar-refractivity contribution < 1.29 is 18.4 Å². The quantitative estimate of drug-likeness (QED) is 0.525. The number of anilines is 2. The monoisotopic (exact) mass is 504 g/mol. The van der Waals surface area contributed by atoms with Crippen LogP contribution in [0.25, 0.3) is 0 Å². The number of amides is 2. The molecule has 2 aliphatic heterocycles. The van der Waals surface area contributed by atoms with Crippen LogP contribution in [0.4, 0.5) is 20.2 Å². The van der Waals surface area contributed by atoms with E-state index in [2.05, 4.69) is 15.1 Å². The molecule has 0 unspecified atom stereocenters. The SMILES string of the molecule is O=C(Nc1ccc(N2CCN(Cc3ccccc3F)CC2)c(C(=O)N2CCCC2)c1)c1cccc(F)c1. The Morgan fingerprint density at radius 2 is 1.57 bits per heavy atom. The highest BCUT2D eigenvalue weighted by atomic mass is 19.1. The fourth-order valence-corrected chi connectivity index (χ4v) is 5.00. The van der Waals surface area contributed by atoms with Crippen LogP contribution in [-0.2, 0) is 6.54 Å². The van der Waals surface area contributed by atoms with Crippen molar-refractivity contribution in [1.82, 2.24) is 9.80 Å². The number of hydrogen-bond donors (Lipinski definition) is 1. The average molecular weight is 505 g/mol. The van der Waals surface area contributed by atoms with Gasteiger partial charge in [0, 0.05) is 68.3 Å². The number of likely N-dealkylation sites (tertiary alicyclic amines) is 1. The van der Waals surface area contributed by atoms with Gasteiger partial charge in [-0.1, -0.05) is 24.3 Å². The second-order valence-electron chi connectivity index (χ2n) is 9.55. The summed E-state index contributed by atoms with van der Waals surface area (Å²) in [5.74, 6) is -1.17. The molecule has 2 aliphatic rings. The van der Waals surface area contributed by atoms with Gasteiger partial charge in [-0.15, -0.1) is 0 Å². The molecular weight excluding hydrogens is 474 g/mol. The van der Waals surface area contributed by atoms with Gasteiger partial charge in [0.15, 0.2) is 0 Å². The van der Waals surface area contributed by atoms with Gasteiger partial charge in [0.25, 0.3) is 11.8 Å². The molecule has 3 aromatic carbocycles. The van der Waals surface area contributed by atoms with Crippen LogP contribution < -0.4 is 10.2 Å². The van der Waals surface area contributed by atoms with Crippen LogP contribution in [0.15, 0.2) is 66.7 Å². The van der Waals surface area contributed by atoms with Crippen molar-refractivity contribution in [2.24, 2.45) is 0 Å². The molecular formula is C29H30F2N4O2. The second-order valence-corrected chi connectivity index (χ2v) is 9.55. The number of rotatable bonds is 6. The number of benzene rings is 3. The van der Waals surface area contributed by atoms with Gasteiger partial charge in [-0.2, -0.15) is 0 Å². The van der Waals surface area contributed by atoms with Gasteiger partial charge in [-0.25, -0.2) is 8.78 Å². The lowest BCUT2D eigenvalue weighted by molar-refractivity contribution is 0.0792. The van der Waals surface area contributed by atoms with Gasteiger partial charge < -0.3 is 15.1 Å². The zero-order chi connectivity index (χ0) is 25.8. The van der Waals surface area contributed by atoms with E-state index >= 15 is 0 Å². The first-order valence-electron chi connectivity index (χ1n) is 12.7. The topological polar surface area (TPSA) is 55.9 Å². The van der Waals surface area contributed by atoms with Gasteiger partial charge in [-0.05, 0) is 55.3 Å². The Labute approximate surface area is 215 Å². The molecule has 1 N–H and O–H groups in total. The zero-order valence-corrected chi connectivity index (χ0v) is 20.6. The summed E-state index contributed by atoms with van der Waals surface area (Å²) >= 11 is 0. The maximum absolute atomic E-state index is 14.1. The van der Waals surface area contributed by atoms with E-state index in [9.17, 15) is 18.4 Å². The molecule has 192 valence electrons. The summed E-state index contributed by atoms with van der Waals surface area (Å²) in [4.78, 5) is 32.4. The molecule has 0 bridgehead atoms. The van der Waals surface area contributed by atoms with Crippen molar-refractivity contribution >= 4 is 23.2 Å². The third-order valence-electron chi connectivity index (χ3n) is 7.03. The Hall–Kier alpha value is -3.78. The second kappa shape index (κ2) is 11.1. The van der Waals surface area contributed by atoms with E-state index in [1.54, 1.807) is 24.3 Å². The van der Waals surface area contributed by atoms with Crippen molar-refractivity contribution in [1.29, 1.82) is 0 Å². The minimum Gasteiger partial charge on any atom is -0.368 e. The summed E-state index contributed by atoms with van der Waals surface area (Å²) in [6.07, 6.45) is 1.96. The minimum atomic E-state index is -0.484. The average Bonchev–Trinajstić information content (AvgIpc) is 3.45. The lowest BCUT2D eigenvalue weighted by Crippen LogP contribution is -2.46. The molecule has 0 atom stereocenters. The molecule has 0 aromatic heterocycles. The van der Waals surface area contributed by atoms with Crippen LogP contribution in [0.1, 0.15) is 39.1 Å². The lowest BCUT2D eigenvalue weighted by atomic mass is 10.1. The molecule has 2 fully saturated rings. The maximum Gasteiger partial charge on any atom is 0.256 e. The number of halogens is 2. The molecule has 0 spiro atoms. The van der Waals surface area contributed by atoms with Gasteiger partial charge in [-0.3, -0.25) is 14.5 Å². The lowest BCUT2D eigenvalue weighted by Gasteiger charge is -2.37. The van der Waals surface area contributed by atoms with Crippen molar-refractivity contribution in [3.05, 3.63) is 95.1 Å². The Balaban J connectivity index is 1.34. The highest BCUT2D eigenvalue weighted by Crippen LogP contribution is 2.29. The van der Waals surface area contributed by atoms with Crippen LogP contribution in [0, 0.1) is 11.6 Å². The van der Waals surface area contributed by atoms with E-state index in [0.29, 0.717) is 49.5 Å². The van der Waals surface area contributed by atoms with Crippen molar-refractivity contribution in [2.45, 2.75) is 19.4 Å². The standard InChI is InChI=1S/C29H30F2N4O2/c30-23-8-5-7-21(18-23)28(36)32-24-10-11-27(25(19-24)29(37)35-12-3-4-13-35)34-16-14-33(15-17-34)20-22-6-1-2-9-26(22)31/h1-2,5-11,18-19H,3-4,12-17,20H2,(H,32,36). The molecule has 2 saturated heterocycles. The van der Waals surface area contributed by atoms with E-state index in [0.717, 1.165) is 31.6 Å². The summed E-state index contributed by atoms with van der Waals surface area (Å²) < 4.78 is 27.7. The highest BCUT2D eigenvalue weighted by molar-refractivity contribution is 6.06. The third kappa shape index (κ3) is 5.80. The molecule has 0 saturated carbocycles. The molecule has 8 heteroatoms. The van der Waals surface area contributed by atoms with Crippen LogP contribution in [-0.4, -0.2) is 60.9 Å². The van der Waals surface area contributed by atoms with Crippen LogP contribution in [0.3, 0.4) is 0 Å². The first kappa shape index (κ1) is 24.9. The van der Waals surface area contributed by atoms with E-state index in [-0.39, 0.29) is 17.3 Å². The fraction of sp³-hybridized carbons (Fsp3) is 0.310. The Morgan fingerprint density at radius 3 is 2.30 bits per heavy atom. The molecule has 3 aromatic rings. The van der Waals surface area contributed by atoms with Crippen LogP contribution in [0.2, 0.25) is 0 Å². The summed E-state index contributed by atoms with van der Waals surface area (Å²) in [7, 11) is 0. The number of piperazine rings is 1. The van der Waals surface area contributed by atoms with Crippen molar-refractivity contribution in [3.8, 4) is 0 Å². The Morgan fingerprint density at radius 1 is 0.811 bits per heavy atom. The minimum absolute atomic E-state index is 0.0526. The normalized spacial score (nSPS) is 16.2. The smallest absolute Gasteiger partial charge is 0.256 e. The molecule has 0 radical (unpaired) electrons.